The molecule has 4 rings (SSSR count). The molecule has 0 spiro atoms. The molecular formula is C14H12N4O2S. The van der Waals surface area contributed by atoms with E-state index in [-0.39, 0.29) is 12.7 Å². The molecule has 0 aliphatic carbocycles. The van der Waals surface area contributed by atoms with E-state index < -0.39 is 0 Å². The van der Waals surface area contributed by atoms with E-state index in [1.54, 1.807) is 11.3 Å². The Morgan fingerprint density at radius 2 is 2.05 bits per heavy atom. The van der Waals surface area contributed by atoms with E-state index in [1.807, 2.05) is 25.1 Å². The van der Waals surface area contributed by atoms with Gasteiger partial charge >= 0.3 is 0 Å². The molecule has 1 aromatic carbocycles. The van der Waals surface area contributed by atoms with Crippen LogP contribution in [0.15, 0.2) is 24.3 Å². The predicted molar refractivity (Wildman–Crippen MR) is 82.4 cm³/mol. The Bertz CT molecular complexity index is 846. The molecule has 6 nitrogen and oxygen atoms in total. The fourth-order valence-corrected chi connectivity index (χ4v) is 3.15. The predicted octanol–water partition coefficient (Wildman–Crippen LogP) is 3.05. The average molecular weight is 300 g/mol. The van der Waals surface area contributed by atoms with Crippen molar-refractivity contribution in [2.75, 3.05) is 17.8 Å². The van der Waals surface area contributed by atoms with Crippen LogP contribution in [0.1, 0.15) is 4.88 Å². The van der Waals surface area contributed by atoms with Crippen LogP contribution in [0, 0.1) is 6.92 Å². The quantitative estimate of drug-likeness (QED) is 0.757. The first-order valence-electron chi connectivity index (χ1n) is 6.39. The van der Waals surface area contributed by atoms with Gasteiger partial charge in [0.2, 0.25) is 12.7 Å². The summed E-state index contributed by atoms with van der Waals surface area (Å²) in [5, 5.41) is 4.23. The minimum Gasteiger partial charge on any atom is -0.454 e. The molecule has 0 fully saturated rings. The molecule has 2 aromatic heterocycles. The Balaban J connectivity index is 1.77. The summed E-state index contributed by atoms with van der Waals surface area (Å²) >= 11 is 1.60. The molecule has 106 valence electrons. The van der Waals surface area contributed by atoms with Crippen LogP contribution < -0.4 is 20.5 Å². The number of anilines is 3. The lowest BCUT2D eigenvalue weighted by atomic mass is 10.2. The second-order valence-corrected chi connectivity index (χ2v) is 5.93. The van der Waals surface area contributed by atoms with E-state index in [4.69, 9.17) is 15.2 Å². The van der Waals surface area contributed by atoms with E-state index in [9.17, 15) is 0 Å². The van der Waals surface area contributed by atoms with Crippen molar-refractivity contribution in [2.45, 2.75) is 6.92 Å². The molecule has 3 aromatic rings. The summed E-state index contributed by atoms with van der Waals surface area (Å²) in [4.78, 5) is 10.6. The summed E-state index contributed by atoms with van der Waals surface area (Å²) in [5.41, 5.74) is 6.64. The lowest BCUT2D eigenvalue weighted by Crippen LogP contribution is -2.00. The van der Waals surface area contributed by atoms with Crippen molar-refractivity contribution >= 4 is 39.0 Å². The molecule has 3 heterocycles. The molecule has 0 saturated heterocycles. The standard InChI is InChI=1S/C14H12N4O2S/c1-7-4-9-12(17-14(15)18-13(9)21-7)16-8-2-3-10-11(5-8)20-6-19-10/h2-5H,6H2,1H3,(H3,15,16,17,18). The molecule has 0 bridgehead atoms. The molecule has 0 saturated carbocycles. The van der Waals surface area contributed by atoms with E-state index >= 15 is 0 Å². The highest BCUT2D eigenvalue weighted by Gasteiger charge is 2.15. The third-order valence-corrected chi connectivity index (χ3v) is 4.11. The highest BCUT2D eigenvalue weighted by Crippen LogP contribution is 2.36. The number of nitrogen functional groups attached to an aromatic ring is 1. The Hall–Kier alpha value is -2.54. The van der Waals surface area contributed by atoms with Gasteiger partial charge in [-0.25, -0.2) is 4.98 Å². The number of nitrogens with two attached hydrogens (primary N) is 1. The minimum atomic E-state index is 0.257. The Labute approximate surface area is 124 Å². The van der Waals surface area contributed by atoms with Crippen LogP contribution in [0.2, 0.25) is 0 Å². The number of nitrogens with zero attached hydrogens (tertiary/aromatic N) is 2. The van der Waals surface area contributed by atoms with Gasteiger partial charge in [-0.05, 0) is 25.1 Å². The Morgan fingerprint density at radius 3 is 2.95 bits per heavy atom. The number of hydrogen-bond donors (Lipinski definition) is 2. The van der Waals surface area contributed by atoms with Crippen molar-refractivity contribution in [3.05, 3.63) is 29.1 Å². The third-order valence-electron chi connectivity index (χ3n) is 3.17. The number of fused-ring (bicyclic) bond motifs is 2. The number of ether oxygens (including phenoxy) is 2. The molecule has 0 unspecified atom stereocenters. The lowest BCUT2D eigenvalue weighted by molar-refractivity contribution is 0.174. The van der Waals surface area contributed by atoms with E-state index in [1.165, 1.54) is 4.88 Å². The van der Waals surface area contributed by atoms with Crippen LogP contribution in [-0.2, 0) is 0 Å². The van der Waals surface area contributed by atoms with Gasteiger partial charge in [-0.1, -0.05) is 0 Å². The molecular weight excluding hydrogens is 288 g/mol. The highest BCUT2D eigenvalue weighted by molar-refractivity contribution is 7.18. The van der Waals surface area contributed by atoms with Crippen LogP contribution in [0.4, 0.5) is 17.5 Å². The second-order valence-electron chi connectivity index (χ2n) is 4.70. The number of rotatable bonds is 2. The summed E-state index contributed by atoms with van der Waals surface area (Å²) in [5.74, 6) is 2.42. The van der Waals surface area contributed by atoms with E-state index in [0.717, 1.165) is 27.4 Å². The normalized spacial score (nSPS) is 12.8. The van der Waals surface area contributed by atoms with Crippen LogP contribution in [0.3, 0.4) is 0 Å². The topological polar surface area (TPSA) is 82.3 Å². The first-order chi connectivity index (χ1) is 10.2. The molecule has 0 radical (unpaired) electrons. The smallest absolute Gasteiger partial charge is 0.231 e. The number of benzene rings is 1. The van der Waals surface area contributed by atoms with Gasteiger partial charge in [0.15, 0.2) is 11.5 Å². The fourth-order valence-electron chi connectivity index (χ4n) is 2.26. The van der Waals surface area contributed by atoms with Crippen LogP contribution >= 0.6 is 11.3 Å². The van der Waals surface area contributed by atoms with E-state index in [2.05, 4.69) is 21.4 Å². The maximum absolute atomic E-state index is 5.78. The summed E-state index contributed by atoms with van der Waals surface area (Å²) < 4.78 is 10.7. The Kier molecular flexibility index (Phi) is 2.61. The zero-order chi connectivity index (χ0) is 14.4. The number of aryl methyl sites for hydroxylation is 1. The molecule has 3 N–H and O–H groups in total. The largest absolute Gasteiger partial charge is 0.454 e. The van der Waals surface area contributed by atoms with Crippen molar-refractivity contribution in [3.63, 3.8) is 0 Å². The van der Waals surface area contributed by atoms with E-state index in [0.29, 0.717) is 5.82 Å². The molecule has 1 aliphatic heterocycles. The first-order valence-corrected chi connectivity index (χ1v) is 7.21. The van der Waals surface area contributed by atoms with Gasteiger partial charge in [0.25, 0.3) is 0 Å². The molecule has 1 aliphatic rings. The lowest BCUT2D eigenvalue weighted by Gasteiger charge is -2.08. The molecule has 21 heavy (non-hydrogen) atoms. The maximum atomic E-state index is 5.78. The Morgan fingerprint density at radius 1 is 1.19 bits per heavy atom. The number of hydrogen-bond acceptors (Lipinski definition) is 7. The molecule has 0 amide bonds. The van der Waals surface area contributed by atoms with Crippen molar-refractivity contribution in [1.82, 2.24) is 9.97 Å². The SMILES string of the molecule is Cc1cc2c(Nc3ccc4c(c3)OCO4)nc(N)nc2s1. The summed E-state index contributed by atoms with van der Waals surface area (Å²) in [6.07, 6.45) is 0. The van der Waals surface area contributed by atoms with Gasteiger partial charge in [0.05, 0.1) is 5.39 Å². The molecule has 7 heteroatoms. The van der Waals surface area contributed by atoms with Gasteiger partial charge in [0, 0.05) is 16.6 Å². The number of nitrogens with one attached hydrogen (secondary N) is 1. The molecule has 0 atom stereocenters. The van der Waals surface area contributed by atoms with Gasteiger partial charge in [-0.15, -0.1) is 11.3 Å². The zero-order valence-corrected chi connectivity index (χ0v) is 12.0. The zero-order valence-electron chi connectivity index (χ0n) is 11.2. The van der Waals surface area contributed by atoms with Gasteiger partial charge in [-0.3, -0.25) is 0 Å². The maximum Gasteiger partial charge on any atom is 0.231 e. The van der Waals surface area contributed by atoms with Crippen molar-refractivity contribution in [3.8, 4) is 11.5 Å². The van der Waals surface area contributed by atoms with Gasteiger partial charge in [0.1, 0.15) is 10.6 Å². The summed E-state index contributed by atoms with van der Waals surface area (Å²) in [6, 6.07) is 7.71. The van der Waals surface area contributed by atoms with Crippen molar-refractivity contribution in [1.29, 1.82) is 0 Å². The van der Waals surface area contributed by atoms with Crippen LogP contribution in [0.5, 0.6) is 11.5 Å². The van der Waals surface area contributed by atoms with Crippen LogP contribution in [-0.4, -0.2) is 16.8 Å². The average Bonchev–Trinajstić information content (AvgIpc) is 3.03. The van der Waals surface area contributed by atoms with Crippen molar-refractivity contribution < 1.29 is 9.47 Å². The van der Waals surface area contributed by atoms with Gasteiger partial charge < -0.3 is 20.5 Å². The van der Waals surface area contributed by atoms with Crippen LogP contribution in [0.25, 0.3) is 10.2 Å². The van der Waals surface area contributed by atoms with Gasteiger partial charge in [-0.2, -0.15) is 4.98 Å². The summed E-state index contributed by atoms with van der Waals surface area (Å²) in [6.45, 7) is 2.29. The second kappa shape index (κ2) is 4.49. The highest BCUT2D eigenvalue weighted by atomic mass is 32.1. The number of aromatic nitrogens is 2. The third kappa shape index (κ3) is 2.11. The van der Waals surface area contributed by atoms with Crippen molar-refractivity contribution in [2.24, 2.45) is 0 Å². The summed E-state index contributed by atoms with van der Waals surface area (Å²) in [7, 11) is 0. The minimum absolute atomic E-state index is 0.257. The number of thiophene rings is 1. The fraction of sp³-hybridized carbons (Fsp3) is 0.143. The monoisotopic (exact) mass is 300 g/mol. The first kappa shape index (κ1) is 12.2.